The van der Waals surface area contributed by atoms with Crippen LogP contribution in [0.1, 0.15) is 33.6 Å². The summed E-state index contributed by atoms with van der Waals surface area (Å²) >= 11 is 0. The second kappa shape index (κ2) is 6.18. The molecule has 0 bridgehead atoms. The molecule has 1 aliphatic heterocycles. The lowest BCUT2D eigenvalue weighted by molar-refractivity contribution is -0.140. The molecule has 1 saturated heterocycles. The van der Waals surface area contributed by atoms with Gasteiger partial charge in [0.15, 0.2) is 0 Å². The van der Waals surface area contributed by atoms with Crippen molar-refractivity contribution in [1.29, 1.82) is 0 Å². The molecular weight excluding hydrogens is 232 g/mol. The van der Waals surface area contributed by atoms with Crippen LogP contribution in [0.25, 0.3) is 0 Å². The average molecular weight is 256 g/mol. The van der Waals surface area contributed by atoms with Crippen LogP contribution in [0.15, 0.2) is 0 Å². The molecule has 0 aromatic heterocycles. The molecule has 0 unspecified atom stereocenters. The molecule has 18 heavy (non-hydrogen) atoms. The Balaban J connectivity index is 2.41. The average Bonchev–Trinajstić information content (AvgIpc) is 2.26. The van der Waals surface area contributed by atoms with E-state index in [1.807, 2.05) is 20.8 Å². The Hall–Kier alpha value is -1.10. The van der Waals surface area contributed by atoms with Gasteiger partial charge in [-0.1, -0.05) is 0 Å². The van der Waals surface area contributed by atoms with E-state index in [2.05, 4.69) is 5.32 Å². The fraction of sp³-hybridized carbons (Fsp3) is 0.846. The molecule has 0 aliphatic carbocycles. The second-order valence-electron chi connectivity index (χ2n) is 5.88. The molecule has 1 fully saturated rings. The van der Waals surface area contributed by atoms with Crippen LogP contribution < -0.4 is 5.32 Å². The quantitative estimate of drug-likeness (QED) is 0.812. The van der Waals surface area contributed by atoms with Crippen molar-refractivity contribution >= 4 is 11.8 Å². The summed E-state index contributed by atoms with van der Waals surface area (Å²) in [4.78, 5) is 25.3. The minimum Gasteiger partial charge on any atom is -0.381 e. The van der Waals surface area contributed by atoms with Crippen LogP contribution in [0.4, 0.5) is 0 Å². The van der Waals surface area contributed by atoms with E-state index in [0.717, 1.165) is 12.8 Å². The van der Waals surface area contributed by atoms with Crippen LogP contribution in [-0.4, -0.2) is 49.1 Å². The summed E-state index contributed by atoms with van der Waals surface area (Å²) in [6.07, 6.45) is 1.51. The Morgan fingerprint density at radius 1 is 1.28 bits per heavy atom. The fourth-order valence-corrected chi connectivity index (χ4v) is 2.01. The van der Waals surface area contributed by atoms with E-state index >= 15 is 0 Å². The largest absolute Gasteiger partial charge is 0.381 e. The van der Waals surface area contributed by atoms with Gasteiger partial charge in [-0.15, -0.1) is 0 Å². The third-order valence-corrected chi connectivity index (χ3v) is 2.84. The summed E-state index contributed by atoms with van der Waals surface area (Å²) < 4.78 is 5.23. The lowest BCUT2D eigenvalue weighted by atomic mass is 9.99. The monoisotopic (exact) mass is 256 g/mol. The number of carbonyl (C=O) groups excluding carboxylic acids is 2. The lowest BCUT2D eigenvalue weighted by Gasteiger charge is -2.27. The van der Waals surface area contributed by atoms with Gasteiger partial charge in [-0.3, -0.25) is 9.59 Å². The van der Waals surface area contributed by atoms with E-state index in [-0.39, 0.29) is 29.8 Å². The van der Waals surface area contributed by atoms with Gasteiger partial charge in [0.2, 0.25) is 11.8 Å². The Morgan fingerprint density at radius 2 is 1.83 bits per heavy atom. The summed E-state index contributed by atoms with van der Waals surface area (Å²) in [5.41, 5.74) is -0.264. The van der Waals surface area contributed by atoms with E-state index in [1.54, 1.807) is 7.05 Å². The minimum atomic E-state index is -0.264. The Bertz CT molecular complexity index is 304. The molecule has 5 nitrogen and oxygen atoms in total. The maximum absolute atomic E-state index is 12.1. The molecule has 0 atom stereocenters. The van der Waals surface area contributed by atoms with Crippen molar-refractivity contribution in [1.82, 2.24) is 10.2 Å². The van der Waals surface area contributed by atoms with Crippen molar-refractivity contribution < 1.29 is 14.3 Å². The maximum atomic E-state index is 12.1. The highest BCUT2D eigenvalue weighted by atomic mass is 16.5. The smallest absolute Gasteiger partial charge is 0.240 e. The van der Waals surface area contributed by atoms with E-state index in [9.17, 15) is 9.59 Å². The Morgan fingerprint density at radius 3 is 2.33 bits per heavy atom. The predicted octanol–water partition coefficient (Wildman–Crippen LogP) is 0.786. The van der Waals surface area contributed by atoms with Crippen molar-refractivity contribution in [2.24, 2.45) is 5.92 Å². The van der Waals surface area contributed by atoms with E-state index in [1.165, 1.54) is 4.90 Å². The third-order valence-electron chi connectivity index (χ3n) is 2.84. The third kappa shape index (κ3) is 5.04. The van der Waals surface area contributed by atoms with Crippen LogP contribution in [0.2, 0.25) is 0 Å². The van der Waals surface area contributed by atoms with Gasteiger partial charge >= 0.3 is 0 Å². The van der Waals surface area contributed by atoms with Gasteiger partial charge in [0.1, 0.15) is 0 Å². The first-order valence-corrected chi connectivity index (χ1v) is 6.43. The molecule has 1 heterocycles. The van der Waals surface area contributed by atoms with Gasteiger partial charge in [0.25, 0.3) is 0 Å². The molecule has 104 valence electrons. The topological polar surface area (TPSA) is 58.6 Å². The molecule has 1 aliphatic rings. The number of amides is 2. The molecule has 2 amide bonds. The van der Waals surface area contributed by atoms with Crippen molar-refractivity contribution in [2.75, 3.05) is 26.8 Å². The molecule has 1 N–H and O–H groups in total. The van der Waals surface area contributed by atoms with E-state index in [4.69, 9.17) is 4.74 Å². The summed E-state index contributed by atoms with van der Waals surface area (Å²) in [6.45, 7) is 7.16. The zero-order valence-electron chi connectivity index (χ0n) is 11.8. The van der Waals surface area contributed by atoms with Crippen molar-refractivity contribution in [3.63, 3.8) is 0 Å². The van der Waals surface area contributed by atoms with E-state index in [0.29, 0.717) is 13.2 Å². The highest BCUT2D eigenvalue weighted by molar-refractivity contribution is 5.86. The van der Waals surface area contributed by atoms with Crippen LogP contribution in [0, 0.1) is 5.92 Å². The van der Waals surface area contributed by atoms with Crippen LogP contribution in [-0.2, 0) is 14.3 Å². The van der Waals surface area contributed by atoms with Gasteiger partial charge in [-0.25, -0.2) is 0 Å². The molecule has 0 aromatic carbocycles. The van der Waals surface area contributed by atoms with Crippen LogP contribution >= 0.6 is 0 Å². The minimum absolute atomic E-state index is 0.00573. The predicted molar refractivity (Wildman–Crippen MR) is 69.1 cm³/mol. The SMILES string of the molecule is CN(CC(=O)NC(C)(C)C)C(=O)C1CCOCC1. The number of hydrogen-bond donors (Lipinski definition) is 1. The normalized spacial score (nSPS) is 17.3. The number of rotatable bonds is 3. The molecule has 0 saturated carbocycles. The van der Waals surface area contributed by atoms with Crippen LogP contribution in [0.3, 0.4) is 0 Å². The van der Waals surface area contributed by atoms with Crippen molar-refractivity contribution in [3.05, 3.63) is 0 Å². The Labute approximate surface area is 109 Å². The number of nitrogens with zero attached hydrogens (tertiary/aromatic N) is 1. The van der Waals surface area contributed by atoms with Gasteiger partial charge < -0.3 is 15.0 Å². The summed E-state index contributed by atoms with van der Waals surface area (Å²) in [6, 6.07) is 0. The van der Waals surface area contributed by atoms with Gasteiger partial charge in [0, 0.05) is 31.7 Å². The summed E-state index contributed by atoms with van der Waals surface area (Å²) in [5, 5.41) is 2.85. The highest BCUT2D eigenvalue weighted by Gasteiger charge is 2.26. The standard InChI is InChI=1S/C13H24N2O3/c1-13(2,3)14-11(16)9-15(4)12(17)10-5-7-18-8-6-10/h10H,5-9H2,1-4H3,(H,14,16). The Kier molecular flexibility index (Phi) is 5.14. The first-order chi connectivity index (χ1) is 8.29. The van der Waals surface area contributed by atoms with Crippen molar-refractivity contribution in [2.45, 2.75) is 39.2 Å². The molecule has 0 radical (unpaired) electrons. The fourth-order valence-electron chi connectivity index (χ4n) is 2.01. The molecule has 0 spiro atoms. The number of carbonyl (C=O) groups is 2. The highest BCUT2D eigenvalue weighted by Crippen LogP contribution is 2.16. The molecular formula is C13H24N2O3. The number of likely N-dealkylation sites (N-methyl/N-ethyl adjacent to an activating group) is 1. The molecule has 1 rings (SSSR count). The van der Waals surface area contributed by atoms with Gasteiger partial charge in [-0.2, -0.15) is 0 Å². The number of hydrogen-bond acceptors (Lipinski definition) is 3. The van der Waals surface area contributed by atoms with Crippen LogP contribution in [0.5, 0.6) is 0 Å². The second-order valence-corrected chi connectivity index (χ2v) is 5.88. The molecule has 5 heteroatoms. The molecule has 0 aromatic rings. The van der Waals surface area contributed by atoms with E-state index < -0.39 is 0 Å². The lowest BCUT2D eigenvalue weighted by Crippen LogP contribution is -2.47. The number of nitrogens with one attached hydrogen (secondary N) is 1. The van der Waals surface area contributed by atoms with Gasteiger partial charge in [0.05, 0.1) is 6.54 Å². The zero-order chi connectivity index (χ0) is 13.8. The summed E-state index contributed by atoms with van der Waals surface area (Å²) in [7, 11) is 1.68. The zero-order valence-corrected chi connectivity index (χ0v) is 11.8. The first-order valence-electron chi connectivity index (χ1n) is 6.43. The van der Waals surface area contributed by atoms with Gasteiger partial charge in [-0.05, 0) is 33.6 Å². The number of ether oxygens (including phenoxy) is 1. The van der Waals surface area contributed by atoms with Crippen molar-refractivity contribution in [3.8, 4) is 0 Å². The summed E-state index contributed by atoms with van der Waals surface area (Å²) in [5.74, 6) is -0.0704. The first kappa shape index (κ1) is 15.0. The maximum Gasteiger partial charge on any atom is 0.240 e.